The third kappa shape index (κ3) is 3.15. The summed E-state index contributed by atoms with van der Waals surface area (Å²) in [5.41, 5.74) is 7.23. The Kier molecular flexibility index (Phi) is 4.72. The number of nitrogen functional groups attached to an aromatic ring is 1. The molecule has 1 rings (SSSR count). The molecule has 0 fully saturated rings. The summed E-state index contributed by atoms with van der Waals surface area (Å²) in [6, 6.07) is 3.41. The fraction of sp³-hybridized carbons (Fsp3) is 0.333. The Labute approximate surface area is 98.1 Å². The summed E-state index contributed by atoms with van der Waals surface area (Å²) in [5, 5.41) is 4.20. The van der Waals surface area contributed by atoms with Gasteiger partial charge in [0.2, 0.25) is 0 Å². The first kappa shape index (κ1) is 11.8. The Bertz CT molecular complexity index is 318. The summed E-state index contributed by atoms with van der Waals surface area (Å²) in [6.07, 6.45) is 2.06. The maximum atomic E-state index is 5.87. The molecule has 0 unspecified atom stereocenters. The zero-order chi connectivity index (χ0) is 10.6. The zero-order valence-corrected chi connectivity index (χ0v) is 10.1. The molecule has 0 aliphatic heterocycles. The normalized spacial score (nSPS) is 10.2. The van der Waals surface area contributed by atoms with E-state index in [0.717, 1.165) is 18.0 Å². The molecule has 0 aliphatic rings. The van der Waals surface area contributed by atoms with Crippen LogP contribution in [0.4, 0.5) is 11.4 Å². The smallest absolute Gasteiger partial charge is 0.0614 e. The highest BCUT2D eigenvalue weighted by molar-refractivity contribution is 7.98. The lowest BCUT2D eigenvalue weighted by Crippen LogP contribution is -2.06. The number of hydrogen-bond acceptors (Lipinski definition) is 3. The second-order valence-electron chi connectivity index (χ2n) is 2.77. The van der Waals surface area contributed by atoms with Gasteiger partial charge in [-0.1, -0.05) is 23.2 Å². The lowest BCUT2D eigenvalue weighted by Gasteiger charge is -2.09. The highest BCUT2D eigenvalue weighted by Crippen LogP contribution is 2.30. The molecule has 0 aliphatic carbocycles. The average molecular weight is 251 g/mol. The molecule has 0 aromatic heterocycles. The van der Waals surface area contributed by atoms with Crippen molar-refractivity contribution in [3.05, 3.63) is 22.2 Å². The first-order valence-corrected chi connectivity index (χ1v) is 6.27. The van der Waals surface area contributed by atoms with Crippen molar-refractivity contribution in [3.8, 4) is 0 Å². The molecule has 1 aromatic carbocycles. The maximum Gasteiger partial charge on any atom is 0.0614 e. The largest absolute Gasteiger partial charge is 0.397 e. The van der Waals surface area contributed by atoms with Crippen LogP contribution in [0.2, 0.25) is 10.0 Å². The number of thioether (sulfide) groups is 1. The van der Waals surface area contributed by atoms with Crippen LogP contribution in [0.25, 0.3) is 0 Å². The van der Waals surface area contributed by atoms with Gasteiger partial charge in [0.05, 0.1) is 21.4 Å². The van der Waals surface area contributed by atoms with Gasteiger partial charge in [-0.15, -0.1) is 0 Å². The van der Waals surface area contributed by atoms with Gasteiger partial charge in [0, 0.05) is 12.3 Å². The number of hydrogen-bond donors (Lipinski definition) is 2. The minimum atomic E-state index is 0.486. The van der Waals surface area contributed by atoms with Crippen molar-refractivity contribution in [1.29, 1.82) is 0 Å². The van der Waals surface area contributed by atoms with Gasteiger partial charge >= 0.3 is 0 Å². The van der Waals surface area contributed by atoms with Crippen LogP contribution < -0.4 is 11.1 Å². The number of benzene rings is 1. The van der Waals surface area contributed by atoms with Crippen molar-refractivity contribution in [2.45, 2.75) is 0 Å². The van der Waals surface area contributed by atoms with Gasteiger partial charge in [-0.3, -0.25) is 0 Å². The van der Waals surface area contributed by atoms with E-state index in [2.05, 4.69) is 11.6 Å². The molecule has 3 N–H and O–H groups in total. The molecule has 0 radical (unpaired) electrons. The van der Waals surface area contributed by atoms with Crippen molar-refractivity contribution in [2.24, 2.45) is 0 Å². The molecule has 0 heterocycles. The van der Waals surface area contributed by atoms with Gasteiger partial charge in [-0.25, -0.2) is 0 Å². The number of nitrogens with two attached hydrogens (primary N) is 1. The fourth-order valence-corrected chi connectivity index (χ4v) is 1.65. The molecule has 0 saturated carbocycles. The molecular weight excluding hydrogens is 239 g/mol. The quantitative estimate of drug-likeness (QED) is 0.636. The molecule has 0 spiro atoms. The van der Waals surface area contributed by atoms with Crippen LogP contribution >= 0.6 is 35.0 Å². The molecule has 2 nitrogen and oxygen atoms in total. The molecule has 5 heteroatoms. The Balaban J connectivity index is 2.72. The van der Waals surface area contributed by atoms with E-state index in [9.17, 15) is 0 Å². The monoisotopic (exact) mass is 250 g/mol. The van der Waals surface area contributed by atoms with Gasteiger partial charge in [-0.05, 0) is 18.4 Å². The van der Waals surface area contributed by atoms with Crippen LogP contribution in [0.1, 0.15) is 0 Å². The summed E-state index contributed by atoms with van der Waals surface area (Å²) in [6.45, 7) is 0.864. The third-order valence-corrected chi connectivity index (χ3v) is 3.05. The van der Waals surface area contributed by atoms with Gasteiger partial charge in [0.1, 0.15) is 0 Å². The molecule has 0 atom stereocenters. The Hall–Kier alpha value is -0.250. The molecule has 0 bridgehead atoms. The third-order valence-electron chi connectivity index (χ3n) is 1.71. The topological polar surface area (TPSA) is 38.0 Å². The van der Waals surface area contributed by atoms with E-state index in [1.165, 1.54) is 0 Å². The Morgan fingerprint density at radius 3 is 2.64 bits per heavy atom. The molecule has 78 valence electrons. The lowest BCUT2D eigenvalue weighted by molar-refractivity contribution is 1.23. The van der Waals surface area contributed by atoms with Crippen molar-refractivity contribution in [2.75, 3.05) is 29.6 Å². The van der Waals surface area contributed by atoms with E-state index < -0.39 is 0 Å². The summed E-state index contributed by atoms with van der Waals surface area (Å²) in [7, 11) is 0. The average Bonchev–Trinajstić information content (AvgIpc) is 2.14. The fourth-order valence-electron chi connectivity index (χ4n) is 1.00. The van der Waals surface area contributed by atoms with Gasteiger partial charge < -0.3 is 11.1 Å². The van der Waals surface area contributed by atoms with Crippen LogP contribution in [0.5, 0.6) is 0 Å². The summed E-state index contributed by atoms with van der Waals surface area (Å²) < 4.78 is 0. The molecule has 14 heavy (non-hydrogen) atoms. The highest BCUT2D eigenvalue weighted by atomic mass is 35.5. The Morgan fingerprint density at radius 2 is 2.00 bits per heavy atom. The predicted molar refractivity (Wildman–Crippen MR) is 67.7 cm³/mol. The van der Waals surface area contributed by atoms with E-state index in [1.807, 2.05) is 0 Å². The second-order valence-corrected chi connectivity index (χ2v) is 4.57. The number of nitrogens with one attached hydrogen (secondary N) is 1. The minimum Gasteiger partial charge on any atom is -0.397 e. The molecule has 1 aromatic rings. The number of halogens is 2. The summed E-state index contributed by atoms with van der Waals surface area (Å²) in [5.74, 6) is 1.03. The summed E-state index contributed by atoms with van der Waals surface area (Å²) in [4.78, 5) is 0. The van der Waals surface area contributed by atoms with Gasteiger partial charge in [-0.2, -0.15) is 11.8 Å². The molecule has 0 amide bonds. The van der Waals surface area contributed by atoms with Crippen LogP contribution in [-0.4, -0.2) is 18.6 Å². The highest BCUT2D eigenvalue weighted by Gasteiger charge is 2.03. The minimum absolute atomic E-state index is 0.486. The van der Waals surface area contributed by atoms with E-state index in [4.69, 9.17) is 28.9 Å². The standard InChI is InChI=1S/C9H12Cl2N2S/c1-14-3-2-13-9-5-7(11)6(10)4-8(9)12/h4-5,13H,2-3,12H2,1H3. The Morgan fingerprint density at radius 1 is 1.36 bits per heavy atom. The van der Waals surface area contributed by atoms with Crippen LogP contribution in [0.15, 0.2) is 12.1 Å². The van der Waals surface area contributed by atoms with Crippen molar-refractivity contribution in [3.63, 3.8) is 0 Å². The molecule has 0 saturated heterocycles. The number of anilines is 2. The maximum absolute atomic E-state index is 5.87. The number of rotatable bonds is 4. The SMILES string of the molecule is CSCCNc1cc(Cl)c(Cl)cc1N. The molecular formula is C9H12Cl2N2S. The summed E-state index contributed by atoms with van der Waals surface area (Å²) >= 11 is 13.4. The van der Waals surface area contributed by atoms with Crippen molar-refractivity contribution >= 4 is 46.3 Å². The first-order chi connectivity index (χ1) is 6.65. The van der Waals surface area contributed by atoms with E-state index in [-0.39, 0.29) is 0 Å². The zero-order valence-electron chi connectivity index (χ0n) is 7.81. The van der Waals surface area contributed by atoms with Crippen LogP contribution in [0.3, 0.4) is 0 Å². The van der Waals surface area contributed by atoms with Crippen LogP contribution in [-0.2, 0) is 0 Å². The van der Waals surface area contributed by atoms with E-state index in [1.54, 1.807) is 23.9 Å². The second kappa shape index (κ2) is 5.59. The first-order valence-electron chi connectivity index (χ1n) is 4.12. The van der Waals surface area contributed by atoms with E-state index in [0.29, 0.717) is 15.7 Å². The van der Waals surface area contributed by atoms with Gasteiger partial charge in [0.25, 0.3) is 0 Å². The van der Waals surface area contributed by atoms with Gasteiger partial charge in [0.15, 0.2) is 0 Å². The van der Waals surface area contributed by atoms with Crippen LogP contribution in [0, 0.1) is 0 Å². The van der Waals surface area contributed by atoms with Crippen molar-refractivity contribution < 1.29 is 0 Å². The van der Waals surface area contributed by atoms with E-state index >= 15 is 0 Å². The predicted octanol–water partition coefficient (Wildman–Crippen LogP) is 3.35. The lowest BCUT2D eigenvalue weighted by atomic mass is 10.2. The van der Waals surface area contributed by atoms with Crippen molar-refractivity contribution in [1.82, 2.24) is 0 Å².